The molecule has 0 saturated carbocycles. The fraction of sp³-hybridized carbons (Fsp3) is 0.889. The van der Waals surface area contributed by atoms with Gasteiger partial charge < -0.3 is 29.2 Å². The predicted octanol–water partition coefficient (Wildman–Crippen LogP) is 1.70. The molecule has 1 aliphatic heterocycles. The smallest absolute Gasteiger partial charge is 0.158 e. The van der Waals surface area contributed by atoms with Crippen molar-refractivity contribution < 1.29 is 29.2 Å². The molecule has 1 fully saturated rings. The van der Waals surface area contributed by atoms with Gasteiger partial charge in [-0.15, -0.1) is 0 Å². The number of hydrogen-bond donors (Lipinski definition) is 2. The molecule has 0 bridgehead atoms. The zero-order chi connectivity index (χ0) is 18.2. The summed E-state index contributed by atoms with van der Waals surface area (Å²) in [5.74, 6) is 0. The molecule has 2 aliphatic rings. The molecule has 1 heterocycles. The minimum Gasteiger partial charge on any atom is -0.396 e. The van der Waals surface area contributed by atoms with Gasteiger partial charge >= 0.3 is 0 Å². The number of methoxy groups -OCH3 is 3. The summed E-state index contributed by atoms with van der Waals surface area (Å²) < 4.78 is 22.2. The summed E-state index contributed by atoms with van der Waals surface area (Å²) in [7, 11) is 4.76. The van der Waals surface area contributed by atoms with Crippen molar-refractivity contribution in [3.05, 3.63) is 11.6 Å². The summed E-state index contributed by atoms with van der Waals surface area (Å²) >= 11 is 0. The van der Waals surface area contributed by atoms with E-state index in [1.807, 2.05) is 0 Å². The molecule has 0 aromatic rings. The minimum absolute atomic E-state index is 0.103. The van der Waals surface area contributed by atoms with E-state index in [2.05, 4.69) is 26.8 Å². The van der Waals surface area contributed by atoms with Gasteiger partial charge in [0.05, 0.1) is 19.3 Å². The van der Waals surface area contributed by atoms with Crippen molar-refractivity contribution in [2.75, 3.05) is 34.5 Å². The van der Waals surface area contributed by atoms with Gasteiger partial charge in [0, 0.05) is 45.0 Å². The minimum atomic E-state index is -0.700. The summed E-state index contributed by atoms with van der Waals surface area (Å²) in [6.07, 6.45) is 1.84. The lowest BCUT2D eigenvalue weighted by atomic mass is 9.56. The molecule has 1 unspecified atom stereocenters. The highest BCUT2D eigenvalue weighted by molar-refractivity contribution is 5.37. The Morgan fingerprint density at radius 1 is 1.21 bits per heavy atom. The van der Waals surface area contributed by atoms with E-state index in [1.54, 1.807) is 21.3 Å². The first-order valence-corrected chi connectivity index (χ1v) is 8.43. The second kappa shape index (κ2) is 7.02. The largest absolute Gasteiger partial charge is 0.396 e. The second-order valence-electron chi connectivity index (χ2n) is 7.92. The van der Waals surface area contributed by atoms with Gasteiger partial charge in [-0.1, -0.05) is 32.4 Å². The number of ether oxygens (including phenoxy) is 4. The summed E-state index contributed by atoms with van der Waals surface area (Å²) in [6, 6.07) is 0. The van der Waals surface area contributed by atoms with Gasteiger partial charge in [0.2, 0.25) is 0 Å². The summed E-state index contributed by atoms with van der Waals surface area (Å²) in [5.41, 5.74) is -0.465. The Labute approximate surface area is 144 Å². The van der Waals surface area contributed by atoms with E-state index in [9.17, 15) is 10.2 Å². The topological polar surface area (TPSA) is 77.4 Å². The number of aliphatic hydroxyl groups excluding tert-OH is 2. The highest BCUT2D eigenvalue weighted by Crippen LogP contribution is 2.65. The molecule has 0 amide bonds. The highest BCUT2D eigenvalue weighted by atomic mass is 16.7. The summed E-state index contributed by atoms with van der Waals surface area (Å²) in [5, 5.41) is 20.9. The Kier molecular flexibility index (Phi) is 5.79. The molecular weight excluding hydrogens is 312 g/mol. The molecule has 0 aromatic heterocycles. The van der Waals surface area contributed by atoms with E-state index in [0.29, 0.717) is 12.8 Å². The van der Waals surface area contributed by atoms with Crippen LogP contribution in [0.15, 0.2) is 11.6 Å². The third-order valence-electron chi connectivity index (χ3n) is 5.82. The predicted molar refractivity (Wildman–Crippen MR) is 89.3 cm³/mol. The number of rotatable bonds is 7. The number of fused-ring (bicyclic) bond motifs is 1. The quantitative estimate of drug-likeness (QED) is 0.541. The first kappa shape index (κ1) is 19.8. The van der Waals surface area contributed by atoms with Crippen LogP contribution in [0.3, 0.4) is 0 Å². The second-order valence-corrected chi connectivity index (χ2v) is 7.92. The molecule has 6 nitrogen and oxygen atoms in total. The Morgan fingerprint density at radius 2 is 1.83 bits per heavy atom. The van der Waals surface area contributed by atoms with E-state index >= 15 is 0 Å². The van der Waals surface area contributed by atoms with Crippen molar-refractivity contribution in [1.29, 1.82) is 0 Å². The molecule has 1 aliphatic carbocycles. The maximum Gasteiger partial charge on any atom is 0.158 e. The van der Waals surface area contributed by atoms with Crippen LogP contribution >= 0.6 is 0 Å². The van der Waals surface area contributed by atoms with E-state index in [0.717, 1.165) is 5.57 Å². The first-order chi connectivity index (χ1) is 11.2. The van der Waals surface area contributed by atoms with E-state index in [1.165, 1.54) is 0 Å². The average molecular weight is 344 g/mol. The van der Waals surface area contributed by atoms with Crippen LogP contribution in [0, 0.1) is 16.2 Å². The Hall–Kier alpha value is -0.500. The van der Waals surface area contributed by atoms with Crippen molar-refractivity contribution >= 4 is 0 Å². The van der Waals surface area contributed by atoms with Gasteiger partial charge in [-0.3, -0.25) is 0 Å². The molecule has 0 spiro atoms. The monoisotopic (exact) mass is 344 g/mol. The van der Waals surface area contributed by atoms with Crippen LogP contribution in [0.1, 0.15) is 33.6 Å². The van der Waals surface area contributed by atoms with Crippen molar-refractivity contribution in [1.82, 2.24) is 0 Å². The van der Waals surface area contributed by atoms with E-state index in [-0.39, 0.29) is 24.7 Å². The molecule has 2 rings (SSSR count). The normalized spacial score (nSPS) is 36.3. The maximum atomic E-state index is 10.5. The lowest BCUT2D eigenvalue weighted by molar-refractivity contribution is -0.155. The number of hydrogen-bond acceptors (Lipinski definition) is 6. The zero-order valence-corrected chi connectivity index (χ0v) is 15.7. The molecule has 0 radical (unpaired) electrons. The van der Waals surface area contributed by atoms with Crippen LogP contribution in [-0.2, 0) is 18.9 Å². The molecule has 4 atom stereocenters. The molecule has 1 saturated heterocycles. The molecular formula is C18H32O6. The first-order valence-electron chi connectivity index (χ1n) is 8.43. The Balaban J connectivity index is 2.56. The standard InChI is InChI=1S/C18H32O6/c1-16(2,3)12-7-13-18(11-20,9-15(23-6)24-13)17(12,10-19)8-14(21-4)22-5/h7,13-15,19-20H,8-11H2,1-6H3/t13-,15?,17-,18+/m0/s1. The molecule has 0 aromatic carbocycles. The summed E-state index contributed by atoms with van der Waals surface area (Å²) in [4.78, 5) is 0. The van der Waals surface area contributed by atoms with E-state index < -0.39 is 23.4 Å². The van der Waals surface area contributed by atoms with Gasteiger partial charge in [-0.05, 0) is 5.41 Å². The van der Waals surface area contributed by atoms with Crippen LogP contribution in [0.25, 0.3) is 0 Å². The zero-order valence-electron chi connectivity index (χ0n) is 15.7. The van der Waals surface area contributed by atoms with Gasteiger partial charge in [-0.2, -0.15) is 0 Å². The van der Waals surface area contributed by atoms with Gasteiger partial charge in [0.15, 0.2) is 12.6 Å². The van der Waals surface area contributed by atoms with Gasteiger partial charge in [0.25, 0.3) is 0 Å². The molecule has 6 heteroatoms. The van der Waals surface area contributed by atoms with Crippen LogP contribution < -0.4 is 0 Å². The van der Waals surface area contributed by atoms with Crippen molar-refractivity contribution in [2.24, 2.45) is 16.2 Å². The molecule has 2 N–H and O–H groups in total. The van der Waals surface area contributed by atoms with Crippen LogP contribution in [0.4, 0.5) is 0 Å². The van der Waals surface area contributed by atoms with Crippen molar-refractivity contribution in [2.45, 2.75) is 52.3 Å². The van der Waals surface area contributed by atoms with Crippen LogP contribution in [-0.4, -0.2) is 63.4 Å². The third-order valence-corrected chi connectivity index (χ3v) is 5.82. The van der Waals surface area contributed by atoms with Crippen LogP contribution in [0.2, 0.25) is 0 Å². The third kappa shape index (κ3) is 2.83. The lowest BCUT2D eigenvalue weighted by Gasteiger charge is -2.49. The fourth-order valence-electron chi connectivity index (χ4n) is 4.58. The van der Waals surface area contributed by atoms with Gasteiger partial charge in [0.1, 0.15) is 0 Å². The Bertz CT molecular complexity index is 467. The highest BCUT2D eigenvalue weighted by Gasteiger charge is 2.67. The van der Waals surface area contributed by atoms with E-state index in [4.69, 9.17) is 18.9 Å². The molecule has 24 heavy (non-hydrogen) atoms. The van der Waals surface area contributed by atoms with Gasteiger partial charge in [-0.25, -0.2) is 0 Å². The Morgan fingerprint density at radius 3 is 2.25 bits per heavy atom. The maximum absolute atomic E-state index is 10.5. The molecule has 140 valence electrons. The van der Waals surface area contributed by atoms with Crippen molar-refractivity contribution in [3.63, 3.8) is 0 Å². The average Bonchev–Trinajstić information content (AvgIpc) is 3.04. The number of aliphatic hydroxyl groups is 2. The lowest BCUT2D eigenvalue weighted by Crippen LogP contribution is -2.52. The van der Waals surface area contributed by atoms with Crippen molar-refractivity contribution in [3.8, 4) is 0 Å². The fourth-order valence-corrected chi connectivity index (χ4v) is 4.58. The SMILES string of the molecule is COC(C[C@]1(CO)C(C(C)(C)C)=C[C@@H]2OC(OC)C[C@@]21CO)OC. The summed E-state index contributed by atoms with van der Waals surface area (Å²) in [6.45, 7) is 6.11. The van der Waals surface area contributed by atoms with Crippen LogP contribution in [0.5, 0.6) is 0 Å².